The Morgan fingerprint density at radius 1 is 1.22 bits per heavy atom. The van der Waals surface area contributed by atoms with E-state index in [0.717, 1.165) is 37.0 Å². The Morgan fingerprint density at radius 2 is 1.78 bits per heavy atom. The number of nitrogens with two attached hydrogens (primary N) is 1. The molecule has 0 aliphatic carbocycles. The molecule has 0 spiro atoms. The van der Waals surface area contributed by atoms with Crippen LogP contribution in [0.25, 0.3) is 0 Å². The summed E-state index contributed by atoms with van der Waals surface area (Å²) in [4.78, 5) is 2.44. The van der Waals surface area contributed by atoms with E-state index in [1.807, 2.05) is 0 Å². The van der Waals surface area contributed by atoms with Crippen molar-refractivity contribution in [3.05, 3.63) is 35.6 Å². The maximum absolute atomic E-state index is 12.9. The first-order valence-corrected chi connectivity index (χ1v) is 6.78. The summed E-state index contributed by atoms with van der Waals surface area (Å²) >= 11 is 0. The van der Waals surface area contributed by atoms with Gasteiger partial charge in [-0.05, 0) is 36.0 Å². The van der Waals surface area contributed by atoms with E-state index in [9.17, 15) is 4.39 Å². The van der Waals surface area contributed by atoms with Crippen molar-refractivity contribution in [2.45, 2.75) is 26.3 Å². The molecule has 0 radical (unpaired) electrons. The Hall–Kier alpha value is -0.930. The maximum Gasteiger partial charge on any atom is 0.123 e. The lowest BCUT2D eigenvalue weighted by Gasteiger charge is -2.36. The van der Waals surface area contributed by atoms with Gasteiger partial charge in [-0.2, -0.15) is 0 Å². The third-order valence-corrected chi connectivity index (χ3v) is 3.70. The van der Waals surface area contributed by atoms with Crippen molar-refractivity contribution in [2.75, 3.05) is 19.6 Å². The predicted molar refractivity (Wildman–Crippen MR) is 72.7 cm³/mol. The van der Waals surface area contributed by atoms with Crippen molar-refractivity contribution < 1.29 is 4.39 Å². The molecule has 3 heteroatoms. The Balaban J connectivity index is 1.94. The highest BCUT2D eigenvalue weighted by atomic mass is 19.1. The van der Waals surface area contributed by atoms with Crippen molar-refractivity contribution in [3.63, 3.8) is 0 Å². The Morgan fingerprint density at radius 3 is 2.33 bits per heavy atom. The van der Waals surface area contributed by atoms with Crippen molar-refractivity contribution in [1.29, 1.82) is 0 Å². The molecular formula is C15H23FN2. The molecule has 2 N–H and O–H groups in total. The van der Waals surface area contributed by atoms with Crippen LogP contribution in [-0.4, -0.2) is 24.5 Å². The molecule has 2 nitrogen and oxygen atoms in total. The largest absolute Gasteiger partial charge is 0.323 e. The number of likely N-dealkylation sites (tertiary alicyclic amines) is 1. The Labute approximate surface area is 109 Å². The number of benzene rings is 1. The first-order valence-electron chi connectivity index (χ1n) is 6.78. The van der Waals surface area contributed by atoms with E-state index >= 15 is 0 Å². The lowest BCUT2D eigenvalue weighted by atomic mass is 9.91. The molecule has 1 heterocycles. The van der Waals surface area contributed by atoms with Crippen LogP contribution in [-0.2, 0) is 0 Å². The average molecular weight is 250 g/mol. The summed E-state index contributed by atoms with van der Waals surface area (Å²) in [5.41, 5.74) is 7.22. The molecule has 3 unspecified atom stereocenters. The van der Waals surface area contributed by atoms with E-state index in [0.29, 0.717) is 0 Å². The van der Waals surface area contributed by atoms with Gasteiger partial charge in [0.1, 0.15) is 5.82 Å². The van der Waals surface area contributed by atoms with Crippen LogP contribution >= 0.6 is 0 Å². The van der Waals surface area contributed by atoms with Crippen LogP contribution in [0.1, 0.15) is 31.9 Å². The molecule has 1 aliphatic rings. The number of halogens is 1. The summed E-state index contributed by atoms with van der Waals surface area (Å²) in [6, 6.07) is 6.52. The van der Waals surface area contributed by atoms with Crippen molar-refractivity contribution in [1.82, 2.24) is 4.90 Å². The molecule has 18 heavy (non-hydrogen) atoms. The molecule has 2 rings (SSSR count). The standard InChI is InChI=1S/C15H23FN2/c1-11-7-12(2)9-18(8-11)10-15(17)13-3-5-14(16)6-4-13/h3-6,11-12,15H,7-10,17H2,1-2H3. The highest BCUT2D eigenvalue weighted by Crippen LogP contribution is 2.22. The first-order chi connectivity index (χ1) is 8.54. The summed E-state index contributed by atoms with van der Waals surface area (Å²) in [6.45, 7) is 7.71. The van der Waals surface area contributed by atoms with E-state index in [1.54, 1.807) is 12.1 Å². The maximum atomic E-state index is 12.9. The molecule has 1 aromatic carbocycles. The molecule has 1 fully saturated rings. The Kier molecular flexibility index (Phi) is 4.36. The second-order valence-corrected chi connectivity index (χ2v) is 5.82. The molecule has 0 aromatic heterocycles. The first kappa shape index (κ1) is 13.5. The number of hydrogen-bond donors (Lipinski definition) is 1. The van der Waals surface area contributed by atoms with Gasteiger partial charge in [-0.25, -0.2) is 4.39 Å². The van der Waals surface area contributed by atoms with E-state index in [4.69, 9.17) is 5.73 Å². The SMILES string of the molecule is CC1CC(C)CN(CC(N)c2ccc(F)cc2)C1. The molecule has 1 saturated heterocycles. The second kappa shape index (κ2) is 5.81. The Bertz CT molecular complexity index is 367. The zero-order chi connectivity index (χ0) is 13.1. The van der Waals surface area contributed by atoms with Gasteiger partial charge in [0.25, 0.3) is 0 Å². The lowest BCUT2D eigenvalue weighted by Crippen LogP contribution is -2.42. The van der Waals surface area contributed by atoms with Crippen molar-refractivity contribution >= 4 is 0 Å². The quantitative estimate of drug-likeness (QED) is 0.894. The van der Waals surface area contributed by atoms with Crippen LogP contribution in [0, 0.1) is 17.7 Å². The monoisotopic (exact) mass is 250 g/mol. The van der Waals surface area contributed by atoms with Crippen molar-refractivity contribution in [2.24, 2.45) is 17.6 Å². The molecule has 0 bridgehead atoms. The van der Waals surface area contributed by atoms with Gasteiger partial charge in [-0.15, -0.1) is 0 Å². The highest BCUT2D eigenvalue weighted by molar-refractivity contribution is 5.19. The van der Waals surface area contributed by atoms with E-state index in [-0.39, 0.29) is 11.9 Å². The summed E-state index contributed by atoms with van der Waals surface area (Å²) in [6.07, 6.45) is 1.31. The van der Waals surface area contributed by atoms with Crippen LogP contribution in [0.5, 0.6) is 0 Å². The van der Waals surface area contributed by atoms with Gasteiger partial charge in [0.15, 0.2) is 0 Å². The smallest absolute Gasteiger partial charge is 0.123 e. The number of piperidine rings is 1. The van der Waals surface area contributed by atoms with Crippen LogP contribution in [0.3, 0.4) is 0 Å². The lowest BCUT2D eigenvalue weighted by molar-refractivity contribution is 0.134. The van der Waals surface area contributed by atoms with Crippen LogP contribution < -0.4 is 5.73 Å². The minimum absolute atomic E-state index is 0.0249. The van der Waals surface area contributed by atoms with Crippen LogP contribution in [0.15, 0.2) is 24.3 Å². The number of hydrogen-bond acceptors (Lipinski definition) is 2. The minimum Gasteiger partial charge on any atom is -0.323 e. The van der Waals surface area contributed by atoms with E-state index in [2.05, 4.69) is 18.7 Å². The van der Waals surface area contributed by atoms with E-state index in [1.165, 1.54) is 18.6 Å². The number of nitrogens with zero attached hydrogens (tertiary/aromatic N) is 1. The van der Waals surface area contributed by atoms with Gasteiger partial charge < -0.3 is 10.6 Å². The summed E-state index contributed by atoms with van der Waals surface area (Å²) in [5.74, 6) is 1.29. The second-order valence-electron chi connectivity index (χ2n) is 5.82. The third-order valence-electron chi connectivity index (χ3n) is 3.70. The molecule has 3 atom stereocenters. The van der Waals surface area contributed by atoms with Gasteiger partial charge in [0.05, 0.1) is 0 Å². The number of rotatable bonds is 3. The fourth-order valence-corrected chi connectivity index (χ4v) is 3.03. The van der Waals surface area contributed by atoms with Gasteiger partial charge in [0, 0.05) is 25.7 Å². The van der Waals surface area contributed by atoms with Crippen molar-refractivity contribution in [3.8, 4) is 0 Å². The van der Waals surface area contributed by atoms with Gasteiger partial charge >= 0.3 is 0 Å². The molecule has 0 saturated carbocycles. The topological polar surface area (TPSA) is 29.3 Å². The third kappa shape index (κ3) is 3.53. The zero-order valence-electron chi connectivity index (χ0n) is 11.3. The predicted octanol–water partition coefficient (Wildman–Crippen LogP) is 2.80. The molecule has 100 valence electrons. The minimum atomic E-state index is -0.203. The fraction of sp³-hybridized carbons (Fsp3) is 0.600. The summed E-state index contributed by atoms with van der Waals surface area (Å²) < 4.78 is 12.9. The zero-order valence-corrected chi connectivity index (χ0v) is 11.3. The molecule has 1 aromatic rings. The van der Waals surface area contributed by atoms with Gasteiger partial charge in [0.2, 0.25) is 0 Å². The molecular weight excluding hydrogens is 227 g/mol. The van der Waals surface area contributed by atoms with Crippen LogP contribution in [0.2, 0.25) is 0 Å². The molecule has 1 aliphatic heterocycles. The molecule has 0 amide bonds. The summed E-state index contributed by atoms with van der Waals surface area (Å²) in [5, 5.41) is 0. The van der Waals surface area contributed by atoms with Gasteiger partial charge in [-0.1, -0.05) is 26.0 Å². The average Bonchev–Trinajstić information content (AvgIpc) is 2.28. The fourth-order valence-electron chi connectivity index (χ4n) is 3.03. The van der Waals surface area contributed by atoms with E-state index < -0.39 is 0 Å². The van der Waals surface area contributed by atoms with Gasteiger partial charge in [-0.3, -0.25) is 0 Å². The highest BCUT2D eigenvalue weighted by Gasteiger charge is 2.23. The summed E-state index contributed by atoms with van der Waals surface area (Å²) in [7, 11) is 0. The normalized spacial score (nSPS) is 27.1. The van der Waals surface area contributed by atoms with Crippen LogP contribution in [0.4, 0.5) is 4.39 Å².